The van der Waals surface area contributed by atoms with E-state index < -0.39 is 0 Å². The van der Waals surface area contributed by atoms with Crippen molar-refractivity contribution in [2.45, 2.75) is 44.2 Å². The van der Waals surface area contributed by atoms with Crippen molar-refractivity contribution in [3.8, 4) is 5.95 Å². The molecular weight excluding hydrogens is 448 g/mol. The number of nitrogens with zero attached hydrogens (tertiary/aromatic N) is 7. The van der Waals surface area contributed by atoms with Crippen LogP contribution in [0.5, 0.6) is 0 Å². The highest BCUT2D eigenvalue weighted by atomic mass is 16.5. The van der Waals surface area contributed by atoms with Crippen LogP contribution < -0.4 is 10.6 Å². The molecule has 1 aromatic carbocycles. The van der Waals surface area contributed by atoms with Crippen LogP contribution in [0.4, 0.5) is 11.5 Å². The number of hydrogen-bond donors (Lipinski definition) is 2. The minimum atomic E-state index is -0.340. The van der Waals surface area contributed by atoms with E-state index in [1.54, 1.807) is 27.6 Å². The lowest BCUT2D eigenvalue weighted by Crippen LogP contribution is -2.28. The third-order valence-corrected chi connectivity index (χ3v) is 6.97. The highest BCUT2D eigenvalue weighted by molar-refractivity contribution is 5.86. The molecule has 2 saturated heterocycles. The van der Waals surface area contributed by atoms with Gasteiger partial charge in [0.15, 0.2) is 17.2 Å². The number of aromatic nitrogens is 6. The molecule has 5 heterocycles. The molecule has 0 bridgehead atoms. The first kappa shape index (κ1) is 21.8. The number of fused-ring (bicyclic) bond motifs is 2. The number of aliphatic hydroxyl groups is 1. The molecule has 0 amide bonds. The number of anilines is 1. The van der Waals surface area contributed by atoms with Crippen LogP contribution in [0.2, 0.25) is 0 Å². The van der Waals surface area contributed by atoms with Gasteiger partial charge in [-0.2, -0.15) is 9.97 Å². The van der Waals surface area contributed by atoms with E-state index in [-0.39, 0.29) is 17.8 Å². The summed E-state index contributed by atoms with van der Waals surface area (Å²) in [7, 11) is 0. The molecule has 0 aliphatic carbocycles. The molecule has 2 aliphatic rings. The predicted octanol–water partition coefficient (Wildman–Crippen LogP) is 2.71. The van der Waals surface area contributed by atoms with Gasteiger partial charge in [0, 0.05) is 32.3 Å². The standard InChI is InChI=1S/C24H26N8O3/c1-25-15-4-5-18-19(13-15)31(14-26-18)23-28-21(30-9-2-3-17(33)6-10-30)20-22(29-23)32(24(34)27-20)16-7-11-35-12-8-16/h4-5,13-14,16-17,33H,2-3,6-12H2,(H,27,34). The summed E-state index contributed by atoms with van der Waals surface area (Å²) in [6, 6.07) is 5.30. The SMILES string of the molecule is [C-]#[N+]c1ccc2ncn(-c3nc(N4CCCC(O)CC4)c4[nH]c(=O)n(C5CCOCC5)c4n3)c2c1. The van der Waals surface area contributed by atoms with Crippen molar-refractivity contribution in [2.24, 2.45) is 0 Å². The average Bonchev–Trinajstić information content (AvgIpc) is 3.37. The zero-order valence-corrected chi connectivity index (χ0v) is 19.2. The number of hydrogen-bond acceptors (Lipinski definition) is 7. The zero-order chi connectivity index (χ0) is 23.9. The minimum Gasteiger partial charge on any atom is -0.393 e. The van der Waals surface area contributed by atoms with Crippen LogP contribution >= 0.6 is 0 Å². The van der Waals surface area contributed by atoms with Crippen molar-refractivity contribution in [3.05, 3.63) is 46.4 Å². The fourth-order valence-corrected chi connectivity index (χ4v) is 5.11. The molecule has 4 aromatic rings. The lowest BCUT2D eigenvalue weighted by atomic mass is 10.1. The first-order chi connectivity index (χ1) is 17.1. The second-order valence-electron chi connectivity index (χ2n) is 9.16. The van der Waals surface area contributed by atoms with Crippen molar-refractivity contribution < 1.29 is 9.84 Å². The largest absolute Gasteiger partial charge is 0.393 e. The van der Waals surface area contributed by atoms with Gasteiger partial charge in [0.1, 0.15) is 11.8 Å². The Kier molecular flexibility index (Phi) is 5.47. The fraction of sp³-hybridized carbons (Fsp3) is 0.458. The number of H-pyrrole nitrogens is 1. The Morgan fingerprint density at radius 3 is 2.83 bits per heavy atom. The Labute approximate surface area is 200 Å². The Morgan fingerprint density at radius 2 is 2.00 bits per heavy atom. The molecular formula is C24H26N8O3. The van der Waals surface area contributed by atoms with E-state index in [0.717, 1.165) is 43.3 Å². The summed E-state index contributed by atoms with van der Waals surface area (Å²) in [6.45, 7) is 9.94. The third-order valence-electron chi connectivity index (χ3n) is 6.97. The summed E-state index contributed by atoms with van der Waals surface area (Å²) in [5.74, 6) is 1.03. The van der Waals surface area contributed by atoms with Gasteiger partial charge in [0.2, 0.25) is 5.95 Å². The topological polar surface area (TPSA) is 118 Å². The average molecular weight is 475 g/mol. The molecule has 0 radical (unpaired) electrons. The molecule has 0 saturated carbocycles. The first-order valence-corrected chi connectivity index (χ1v) is 12.0. The molecule has 11 nitrogen and oxygen atoms in total. The summed E-state index contributed by atoms with van der Waals surface area (Å²) in [4.78, 5) is 36.1. The van der Waals surface area contributed by atoms with Crippen molar-refractivity contribution >= 4 is 33.7 Å². The quantitative estimate of drug-likeness (QED) is 0.438. The van der Waals surface area contributed by atoms with E-state index in [9.17, 15) is 9.90 Å². The Hall–Kier alpha value is -3.75. The van der Waals surface area contributed by atoms with Crippen molar-refractivity contribution in [1.82, 2.24) is 29.1 Å². The number of ether oxygens (including phenoxy) is 1. The number of aromatic amines is 1. The smallest absolute Gasteiger partial charge is 0.328 e. The maximum absolute atomic E-state index is 13.2. The summed E-state index contributed by atoms with van der Waals surface area (Å²) in [5.41, 5.74) is 2.91. The van der Waals surface area contributed by atoms with Crippen molar-refractivity contribution in [1.29, 1.82) is 0 Å². The summed E-state index contributed by atoms with van der Waals surface area (Å²) in [5, 5.41) is 10.2. The maximum Gasteiger partial charge on any atom is 0.328 e. The number of nitrogens with one attached hydrogen (secondary N) is 1. The molecule has 2 fully saturated rings. The van der Waals surface area contributed by atoms with E-state index in [1.807, 2.05) is 6.07 Å². The molecule has 6 rings (SSSR count). The van der Waals surface area contributed by atoms with Crippen molar-refractivity contribution in [3.63, 3.8) is 0 Å². The van der Waals surface area contributed by atoms with Gasteiger partial charge >= 0.3 is 5.69 Å². The van der Waals surface area contributed by atoms with Crippen LogP contribution in [-0.4, -0.2) is 66.6 Å². The van der Waals surface area contributed by atoms with Crippen LogP contribution in [0.1, 0.15) is 38.1 Å². The van der Waals surface area contributed by atoms with Gasteiger partial charge in [-0.15, -0.1) is 0 Å². The van der Waals surface area contributed by atoms with Crippen LogP contribution in [0.15, 0.2) is 29.3 Å². The Morgan fingerprint density at radius 1 is 1.14 bits per heavy atom. The minimum absolute atomic E-state index is 0.0141. The number of aliphatic hydroxyl groups excluding tert-OH is 1. The summed E-state index contributed by atoms with van der Waals surface area (Å²) >= 11 is 0. The molecule has 3 aromatic heterocycles. The monoisotopic (exact) mass is 474 g/mol. The van der Waals surface area contributed by atoms with Crippen LogP contribution in [0, 0.1) is 6.57 Å². The first-order valence-electron chi connectivity index (χ1n) is 12.0. The fourth-order valence-electron chi connectivity index (χ4n) is 5.11. The van der Waals surface area contributed by atoms with E-state index >= 15 is 0 Å². The predicted molar refractivity (Wildman–Crippen MR) is 130 cm³/mol. The van der Waals surface area contributed by atoms with Gasteiger partial charge < -0.3 is 19.7 Å². The van der Waals surface area contributed by atoms with Crippen LogP contribution in [-0.2, 0) is 4.74 Å². The van der Waals surface area contributed by atoms with Crippen LogP contribution in [0.3, 0.4) is 0 Å². The molecule has 1 atom stereocenters. The van der Waals surface area contributed by atoms with Crippen LogP contribution in [0.25, 0.3) is 33.0 Å². The second kappa shape index (κ2) is 8.79. The second-order valence-corrected chi connectivity index (χ2v) is 9.16. The zero-order valence-electron chi connectivity index (χ0n) is 19.2. The molecule has 0 spiro atoms. The van der Waals surface area contributed by atoms with Gasteiger partial charge in [-0.05, 0) is 44.2 Å². The Bertz CT molecular complexity index is 1490. The van der Waals surface area contributed by atoms with E-state index in [1.165, 1.54) is 0 Å². The van der Waals surface area contributed by atoms with E-state index in [2.05, 4.69) is 19.7 Å². The third kappa shape index (κ3) is 3.84. The van der Waals surface area contributed by atoms with Gasteiger partial charge in [-0.25, -0.2) is 14.6 Å². The summed E-state index contributed by atoms with van der Waals surface area (Å²) in [6.07, 6.45) is 4.98. The number of imidazole rings is 2. The highest BCUT2D eigenvalue weighted by Gasteiger charge is 2.27. The molecule has 2 N–H and O–H groups in total. The lowest BCUT2D eigenvalue weighted by Gasteiger charge is -2.24. The molecule has 180 valence electrons. The van der Waals surface area contributed by atoms with Gasteiger partial charge in [0.05, 0.1) is 23.7 Å². The Balaban J connectivity index is 1.57. The maximum atomic E-state index is 13.2. The molecule has 2 aliphatic heterocycles. The molecule has 35 heavy (non-hydrogen) atoms. The van der Waals surface area contributed by atoms with E-state index in [4.69, 9.17) is 21.3 Å². The normalized spacial score (nSPS) is 19.8. The number of rotatable bonds is 3. The molecule has 1 unspecified atom stereocenters. The van der Waals surface area contributed by atoms with Gasteiger partial charge in [0.25, 0.3) is 0 Å². The lowest BCUT2D eigenvalue weighted by molar-refractivity contribution is 0.0697. The summed E-state index contributed by atoms with van der Waals surface area (Å²) < 4.78 is 9.03. The van der Waals surface area contributed by atoms with Gasteiger partial charge in [-0.1, -0.05) is 6.07 Å². The highest BCUT2D eigenvalue weighted by Crippen LogP contribution is 2.30. The number of benzene rings is 1. The van der Waals surface area contributed by atoms with E-state index in [0.29, 0.717) is 54.8 Å². The van der Waals surface area contributed by atoms with Gasteiger partial charge in [-0.3, -0.25) is 9.13 Å². The van der Waals surface area contributed by atoms with Crippen molar-refractivity contribution in [2.75, 3.05) is 31.2 Å². The molecule has 11 heteroatoms.